The Balaban J connectivity index is 1.67. The number of nitrogens with zero attached hydrogens (tertiary/aromatic N) is 3. The number of urea groups is 1. The zero-order valence-corrected chi connectivity index (χ0v) is 17.4. The van der Waals surface area contributed by atoms with E-state index >= 15 is 0 Å². The van der Waals surface area contributed by atoms with Crippen molar-refractivity contribution in [1.82, 2.24) is 15.3 Å². The molecular formula is C25H22N4O2. The molecule has 1 N–H and O–H groups in total. The molecule has 6 nitrogen and oxygen atoms in total. The van der Waals surface area contributed by atoms with Crippen LogP contribution in [-0.4, -0.2) is 30.1 Å². The van der Waals surface area contributed by atoms with Gasteiger partial charge in [0, 0.05) is 49.2 Å². The van der Waals surface area contributed by atoms with Gasteiger partial charge in [0.25, 0.3) is 0 Å². The number of hydrogen-bond acceptors (Lipinski definition) is 4. The van der Waals surface area contributed by atoms with Gasteiger partial charge in [-0.15, -0.1) is 0 Å². The lowest BCUT2D eigenvalue weighted by atomic mass is 10.1. The van der Waals surface area contributed by atoms with Crippen LogP contribution in [0.25, 0.3) is 28.1 Å². The van der Waals surface area contributed by atoms with Crippen LogP contribution >= 0.6 is 0 Å². The maximum absolute atomic E-state index is 12.0. The van der Waals surface area contributed by atoms with Crippen LogP contribution in [0.15, 0.2) is 79.8 Å². The standard InChI is InChI=1S/C25H22N4O2/c1-4-17-14-20(8-10-23(17)29(3)25(30)26-2)31-24-11-13-28-22-15-18(7-9-21(22)24)19-6-5-12-27-16-19/h4-16H,1H2,2-3H3,(H,26,30). The average Bonchev–Trinajstić information content (AvgIpc) is 2.83. The lowest BCUT2D eigenvalue weighted by Crippen LogP contribution is -2.35. The molecule has 154 valence electrons. The van der Waals surface area contributed by atoms with E-state index in [-0.39, 0.29) is 6.03 Å². The summed E-state index contributed by atoms with van der Waals surface area (Å²) >= 11 is 0. The van der Waals surface area contributed by atoms with Crippen LogP contribution in [0.5, 0.6) is 11.5 Å². The number of hydrogen-bond donors (Lipinski definition) is 1. The SMILES string of the molecule is C=Cc1cc(Oc2ccnc3cc(-c4cccnc4)ccc23)ccc1N(C)C(=O)NC. The Morgan fingerprint density at radius 3 is 2.71 bits per heavy atom. The van der Waals surface area contributed by atoms with Crippen molar-refractivity contribution in [2.45, 2.75) is 0 Å². The highest BCUT2D eigenvalue weighted by atomic mass is 16.5. The van der Waals surface area contributed by atoms with Gasteiger partial charge >= 0.3 is 6.03 Å². The molecule has 0 aliphatic rings. The number of carbonyl (C=O) groups excluding carboxylic acids is 1. The topological polar surface area (TPSA) is 67.4 Å². The Bertz CT molecular complexity index is 1260. The Morgan fingerprint density at radius 1 is 1.10 bits per heavy atom. The Morgan fingerprint density at radius 2 is 1.97 bits per heavy atom. The number of rotatable bonds is 5. The maximum atomic E-state index is 12.0. The lowest BCUT2D eigenvalue weighted by molar-refractivity contribution is 0.249. The summed E-state index contributed by atoms with van der Waals surface area (Å²) in [6.45, 7) is 3.87. The van der Waals surface area contributed by atoms with Crippen LogP contribution in [0.4, 0.5) is 10.5 Å². The molecule has 0 aliphatic heterocycles. The van der Waals surface area contributed by atoms with E-state index < -0.39 is 0 Å². The fraction of sp³-hybridized carbons (Fsp3) is 0.0800. The summed E-state index contributed by atoms with van der Waals surface area (Å²) in [5.74, 6) is 1.35. The van der Waals surface area contributed by atoms with E-state index in [0.29, 0.717) is 11.5 Å². The van der Waals surface area contributed by atoms with E-state index in [1.807, 2.05) is 60.8 Å². The van der Waals surface area contributed by atoms with Crippen molar-refractivity contribution in [2.24, 2.45) is 0 Å². The Hall–Kier alpha value is -4.19. The summed E-state index contributed by atoms with van der Waals surface area (Å²) in [5, 5.41) is 3.52. The van der Waals surface area contributed by atoms with Crippen molar-refractivity contribution in [3.05, 3.63) is 85.3 Å². The average molecular weight is 410 g/mol. The normalized spacial score (nSPS) is 10.5. The van der Waals surface area contributed by atoms with E-state index in [0.717, 1.165) is 33.3 Å². The van der Waals surface area contributed by atoms with Crippen LogP contribution in [-0.2, 0) is 0 Å². The molecule has 0 bridgehead atoms. The first-order valence-electron chi connectivity index (χ1n) is 9.79. The van der Waals surface area contributed by atoms with Crippen molar-refractivity contribution in [2.75, 3.05) is 19.0 Å². The molecule has 4 rings (SSSR count). The van der Waals surface area contributed by atoms with Gasteiger partial charge in [0.2, 0.25) is 0 Å². The second-order valence-corrected chi connectivity index (χ2v) is 6.92. The lowest BCUT2D eigenvalue weighted by Gasteiger charge is -2.20. The fourth-order valence-corrected chi connectivity index (χ4v) is 3.39. The molecular weight excluding hydrogens is 388 g/mol. The molecule has 2 heterocycles. The summed E-state index contributed by atoms with van der Waals surface area (Å²) in [6.07, 6.45) is 7.01. The summed E-state index contributed by atoms with van der Waals surface area (Å²) in [5.41, 5.74) is 4.44. The third-order valence-corrected chi connectivity index (χ3v) is 5.02. The van der Waals surface area contributed by atoms with Crippen LogP contribution in [0.3, 0.4) is 0 Å². The molecule has 0 aliphatic carbocycles. The monoisotopic (exact) mass is 410 g/mol. The van der Waals surface area contributed by atoms with Crippen molar-refractivity contribution >= 4 is 28.7 Å². The van der Waals surface area contributed by atoms with Gasteiger partial charge in [0.15, 0.2) is 0 Å². The van der Waals surface area contributed by atoms with E-state index in [9.17, 15) is 4.79 Å². The van der Waals surface area contributed by atoms with Crippen molar-refractivity contribution in [3.63, 3.8) is 0 Å². The molecule has 0 fully saturated rings. The molecule has 0 saturated heterocycles. The van der Waals surface area contributed by atoms with E-state index in [1.165, 1.54) is 4.90 Å². The molecule has 2 amide bonds. The largest absolute Gasteiger partial charge is 0.457 e. The van der Waals surface area contributed by atoms with Crippen LogP contribution in [0, 0.1) is 0 Å². The van der Waals surface area contributed by atoms with Crippen molar-refractivity contribution in [1.29, 1.82) is 0 Å². The smallest absolute Gasteiger partial charge is 0.321 e. The minimum atomic E-state index is -0.207. The molecule has 0 atom stereocenters. The number of ether oxygens (including phenoxy) is 1. The highest BCUT2D eigenvalue weighted by Crippen LogP contribution is 2.33. The zero-order chi connectivity index (χ0) is 21.8. The Kier molecular flexibility index (Phi) is 5.62. The molecule has 6 heteroatoms. The number of anilines is 1. The number of amides is 2. The highest BCUT2D eigenvalue weighted by molar-refractivity contribution is 5.94. The van der Waals surface area contributed by atoms with Gasteiger partial charge in [-0.25, -0.2) is 4.79 Å². The van der Waals surface area contributed by atoms with Gasteiger partial charge in [0.05, 0.1) is 11.2 Å². The number of benzene rings is 2. The maximum Gasteiger partial charge on any atom is 0.321 e. The predicted octanol–water partition coefficient (Wildman–Crippen LogP) is 5.51. The van der Waals surface area contributed by atoms with Gasteiger partial charge in [-0.3, -0.25) is 14.9 Å². The van der Waals surface area contributed by atoms with E-state index in [2.05, 4.69) is 21.9 Å². The minimum absolute atomic E-state index is 0.207. The minimum Gasteiger partial charge on any atom is -0.457 e. The summed E-state index contributed by atoms with van der Waals surface area (Å²) in [7, 11) is 3.30. The quantitative estimate of drug-likeness (QED) is 0.471. The summed E-state index contributed by atoms with van der Waals surface area (Å²) < 4.78 is 6.18. The molecule has 2 aromatic carbocycles. The molecule has 4 aromatic rings. The highest BCUT2D eigenvalue weighted by Gasteiger charge is 2.13. The summed E-state index contributed by atoms with van der Waals surface area (Å²) in [6, 6.07) is 17.1. The van der Waals surface area contributed by atoms with Crippen molar-refractivity contribution in [3.8, 4) is 22.6 Å². The molecule has 2 aromatic heterocycles. The fourth-order valence-electron chi connectivity index (χ4n) is 3.39. The first-order chi connectivity index (χ1) is 15.1. The number of aromatic nitrogens is 2. The third kappa shape index (κ3) is 4.09. The van der Waals surface area contributed by atoms with Gasteiger partial charge < -0.3 is 10.1 Å². The number of nitrogens with one attached hydrogen (secondary N) is 1. The molecule has 31 heavy (non-hydrogen) atoms. The van der Waals surface area contributed by atoms with Gasteiger partial charge in [0.1, 0.15) is 11.5 Å². The van der Waals surface area contributed by atoms with Crippen molar-refractivity contribution < 1.29 is 9.53 Å². The predicted molar refractivity (Wildman–Crippen MR) is 124 cm³/mol. The Labute approximate surface area is 180 Å². The van der Waals surface area contributed by atoms with Crippen LogP contribution in [0.2, 0.25) is 0 Å². The van der Waals surface area contributed by atoms with Crippen LogP contribution in [0.1, 0.15) is 5.56 Å². The molecule has 0 unspecified atom stereocenters. The molecule has 0 saturated carbocycles. The van der Waals surface area contributed by atoms with Gasteiger partial charge in [-0.2, -0.15) is 0 Å². The summed E-state index contributed by atoms with van der Waals surface area (Å²) in [4.78, 5) is 22.2. The van der Waals surface area contributed by atoms with E-state index in [1.54, 1.807) is 32.6 Å². The first-order valence-corrected chi connectivity index (χ1v) is 9.79. The van der Waals surface area contributed by atoms with E-state index in [4.69, 9.17) is 4.74 Å². The number of pyridine rings is 2. The number of fused-ring (bicyclic) bond motifs is 1. The molecule has 0 spiro atoms. The first kappa shape index (κ1) is 20.1. The van der Waals surface area contributed by atoms with Gasteiger partial charge in [-0.1, -0.05) is 24.8 Å². The number of carbonyl (C=O) groups is 1. The molecule has 0 radical (unpaired) electrons. The second kappa shape index (κ2) is 8.67. The van der Waals surface area contributed by atoms with Crippen LogP contribution < -0.4 is 15.0 Å². The zero-order valence-electron chi connectivity index (χ0n) is 17.4. The third-order valence-electron chi connectivity index (χ3n) is 5.02. The van der Waals surface area contributed by atoms with Gasteiger partial charge in [-0.05, 0) is 48.0 Å². The second-order valence-electron chi connectivity index (χ2n) is 6.92.